The summed E-state index contributed by atoms with van der Waals surface area (Å²) in [6.45, 7) is 0. The molecule has 1 aromatic rings. The van der Waals surface area contributed by atoms with E-state index in [1.807, 2.05) is 0 Å². The number of hydrogen-bond acceptors (Lipinski definition) is 5. The van der Waals surface area contributed by atoms with Crippen LogP contribution in [0.2, 0.25) is 0 Å². The molecular formula is C10H9BrF3NO4. The third-order valence-electron chi connectivity index (χ3n) is 2.10. The van der Waals surface area contributed by atoms with Gasteiger partial charge in [-0.05, 0) is 0 Å². The van der Waals surface area contributed by atoms with Gasteiger partial charge in [0.25, 0.3) is 0 Å². The standard InChI is InChI=1S/C10H9BrF3NO4/c1-18-8(16)2-5-7(19-10(12,13)14)4-15-6(3-11)9(5)17/h4,17H,2-3H2,1H3. The number of nitrogens with zero attached hydrogens (tertiary/aromatic N) is 1. The lowest BCUT2D eigenvalue weighted by Crippen LogP contribution is -2.19. The molecule has 1 aromatic heterocycles. The summed E-state index contributed by atoms with van der Waals surface area (Å²) < 4.78 is 44.7. The number of ether oxygens (including phenoxy) is 2. The van der Waals surface area contributed by atoms with Crippen LogP contribution in [0.3, 0.4) is 0 Å². The van der Waals surface area contributed by atoms with E-state index in [0.29, 0.717) is 0 Å². The van der Waals surface area contributed by atoms with Gasteiger partial charge >= 0.3 is 12.3 Å². The fraction of sp³-hybridized carbons (Fsp3) is 0.400. The number of alkyl halides is 4. The van der Waals surface area contributed by atoms with Crippen LogP contribution < -0.4 is 4.74 Å². The van der Waals surface area contributed by atoms with E-state index in [1.54, 1.807) is 0 Å². The zero-order valence-corrected chi connectivity index (χ0v) is 11.2. The highest BCUT2D eigenvalue weighted by atomic mass is 79.9. The molecule has 0 unspecified atom stereocenters. The fourth-order valence-corrected chi connectivity index (χ4v) is 1.67. The summed E-state index contributed by atoms with van der Waals surface area (Å²) in [6.07, 6.45) is -4.72. The van der Waals surface area contributed by atoms with Crippen LogP contribution in [0.4, 0.5) is 13.2 Å². The number of carbonyl (C=O) groups excluding carboxylic acids is 1. The molecule has 0 aliphatic carbocycles. The third-order valence-corrected chi connectivity index (χ3v) is 2.63. The minimum Gasteiger partial charge on any atom is -0.506 e. The first-order chi connectivity index (χ1) is 8.78. The van der Waals surface area contributed by atoms with Gasteiger partial charge in [-0.15, -0.1) is 13.2 Å². The molecule has 0 spiro atoms. The molecule has 19 heavy (non-hydrogen) atoms. The lowest BCUT2D eigenvalue weighted by Gasteiger charge is -2.14. The fourth-order valence-electron chi connectivity index (χ4n) is 1.26. The summed E-state index contributed by atoms with van der Waals surface area (Å²) in [4.78, 5) is 14.7. The number of aromatic hydroxyl groups is 1. The van der Waals surface area contributed by atoms with Gasteiger partial charge in [-0.1, -0.05) is 15.9 Å². The van der Waals surface area contributed by atoms with E-state index in [2.05, 4.69) is 30.4 Å². The Morgan fingerprint density at radius 3 is 2.63 bits per heavy atom. The average Bonchev–Trinajstić information content (AvgIpc) is 2.32. The second-order valence-corrected chi connectivity index (χ2v) is 3.89. The number of hydrogen-bond donors (Lipinski definition) is 1. The van der Waals surface area contributed by atoms with Gasteiger partial charge in [0.2, 0.25) is 0 Å². The predicted octanol–water partition coefficient (Wildman–Crippen LogP) is 2.30. The summed E-state index contributed by atoms with van der Waals surface area (Å²) >= 11 is 3.01. The Morgan fingerprint density at radius 2 is 2.16 bits per heavy atom. The lowest BCUT2D eigenvalue weighted by atomic mass is 10.1. The van der Waals surface area contributed by atoms with Crippen LogP contribution in [0.25, 0.3) is 0 Å². The Labute approximate surface area is 114 Å². The Bertz CT molecular complexity index is 479. The van der Waals surface area contributed by atoms with Gasteiger partial charge < -0.3 is 14.6 Å². The first kappa shape index (κ1) is 15.5. The van der Waals surface area contributed by atoms with Gasteiger partial charge in [-0.2, -0.15) is 0 Å². The third kappa shape index (κ3) is 4.27. The van der Waals surface area contributed by atoms with Crippen molar-refractivity contribution in [1.29, 1.82) is 0 Å². The van der Waals surface area contributed by atoms with E-state index < -0.39 is 30.3 Å². The van der Waals surface area contributed by atoms with Gasteiger partial charge in [0.05, 0.1) is 31.0 Å². The maximum absolute atomic E-state index is 12.2. The largest absolute Gasteiger partial charge is 0.573 e. The zero-order chi connectivity index (χ0) is 14.6. The molecule has 1 heterocycles. The van der Waals surface area contributed by atoms with Crippen LogP contribution in [0.5, 0.6) is 11.5 Å². The van der Waals surface area contributed by atoms with E-state index in [-0.39, 0.29) is 16.6 Å². The van der Waals surface area contributed by atoms with Gasteiger partial charge in [0.1, 0.15) is 5.75 Å². The summed E-state index contributed by atoms with van der Waals surface area (Å²) in [5.74, 6) is -2.09. The van der Waals surface area contributed by atoms with Crippen molar-refractivity contribution in [2.45, 2.75) is 18.1 Å². The van der Waals surface area contributed by atoms with Crippen molar-refractivity contribution < 1.29 is 32.5 Å². The molecule has 5 nitrogen and oxygen atoms in total. The van der Waals surface area contributed by atoms with Crippen molar-refractivity contribution in [1.82, 2.24) is 4.98 Å². The summed E-state index contributed by atoms with van der Waals surface area (Å²) in [6, 6.07) is 0. The molecular weight excluding hydrogens is 335 g/mol. The molecule has 0 atom stereocenters. The average molecular weight is 344 g/mol. The van der Waals surface area contributed by atoms with E-state index >= 15 is 0 Å². The second-order valence-electron chi connectivity index (χ2n) is 3.33. The Kier molecular flexibility index (Phi) is 4.98. The number of esters is 1. The Hall–Kier alpha value is -1.51. The maximum atomic E-state index is 12.2. The summed E-state index contributed by atoms with van der Waals surface area (Å²) in [5.41, 5.74) is -0.234. The molecule has 9 heteroatoms. The van der Waals surface area contributed by atoms with E-state index in [1.165, 1.54) is 0 Å². The molecule has 0 saturated carbocycles. The first-order valence-electron chi connectivity index (χ1n) is 4.86. The van der Waals surface area contributed by atoms with Crippen molar-refractivity contribution in [2.75, 3.05) is 7.11 Å². The molecule has 0 radical (unpaired) electrons. The van der Waals surface area contributed by atoms with Gasteiger partial charge in [0.15, 0.2) is 5.75 Å². The smallest absolute Gasteiger partial charge is 0.506 e. The van der Waals surface area contributed by atoms with Crippen LogP contribution in [0.1, 0.15) is 11.3 Å². The van der Waals surface area contributed by atoms with Crippen molar-refractivity contribution in [2.24, 2.45) is 0 Å². The molecule has 0 saturated heterocycles. The molecule has 0 aromatic carbocycles. The number of halogens is 4. The number of methoxy groups -OCH3 is 1. The van der Waals surface area contributed by atoms with Gasteiger partial charge in [-0.3, -0.25) is 9.78 Å². The number of aromatic nitrogens is 1. The molecule has 106 valence electrons. The van der Waals surface area contributed by atoms with Crippen molar-refractivity contribution in [3.63, 3.8) is 0 Å². The van der Waals surface area contributed by atoms with Crippen LogP contribution >= 0.6 is 15.9 Å². The molecule has 0 aliphatic heterocycles. The summed E-state index contributed by atoms with van der Waals surface area (Å²) in [7, 11) is 1.08. The van der Waals surface area contributed by atoms with Crippen LogP contribution in [-0.2, 0) is 21.3 Å². The highest BCUT2D eigenvalue weighted by Crippen LogP contribution is 2.34. The molecule has 0 bridgehead atoms. The van der Waals surface area contributed by atoms with Crippen molar-refractivity contribution in [3.05, 3.63) is 17.5 Å². The number of rotatable bonds is 4. The predicted molar refractivity (Wildman–Crippen MR) is 60.9 cm³/mol. The normalized spacial score (nSPS) is 11.2. The minimum atomic E-state index is -4.95. The first-order valence-corrected chi connectivity index (χ1v) is 5.99. The van der Waals surface area contributed by atoms with Crippen molar-refractivity contribution in [3.8, 4) is 11.5 Å². The summed E-state index contributed by atoms with van der Waals surface area (Å²) in [5, 5.41) is 9.87. The number of pyridine rings is 1. The Morgan fingerprint density at radius 1 is 1.53 bits per heavy atom. The highest BCUT2D eigenvalue weighted by molar-refractivity contribution is 9.08. The Balaban J connectivity index is 3.22. The van der Waals surface area contributed by atoms with Gasteiger partial charge in [0, 0.05) is 5.33 Å². The van der Waals surface area contributed by atoms with Crippen LogP contribution in [-0.4, -0.2) is 29.5 Å². The van der Waals surface area contributed by atoms with E-state index in [9.17, 15) is 23.1 Å². The number of carbonyl (C=O) groups is 1. The highest BCUT2D eigenvalue weighted by Gasteiger charge is 2.33. The molecule has 0 aliphatic rings. The quantitative estimate of drug-likeness (QED) is 0.671. The van der Waals surface area contributed by atoms with Crippen LogP contribution in [0.15, 0.2) is 6.20 Å². The monoisotopic (exact) mass is 343 g/mol. The molecule has 1 rings (SSSR count). The molecule has 0 fully saturated rings. The van der Waals surface area contributed by atoms with Crippen LogP contribution in [0, 0.1) is 0 Å². The zero-order valence-electron chi connectivity index (χ0n) is 9.62. The molecule has 0 amide bonds. The SMILES string of the molecule is COC(=O)Cc1c(OC(F)(F)F)cnc(CBr)c1O. The molecule has 1 N–H and O–H groups in total. The maximum Gasteiger partial charge on any atom is 0.573 e. The lowest BCUT2D eigenvalue weighted by molar-refractivity contribution is -0.275. The minimum absolute atomic E-state index is 0.0911. The van der Waals surface area contributed by atoms with Gasteiger partial charge in [-0.25, -0.2) is 0 Å². The van der Waals surface area contributed by atoms with Crippen molar-refractivity contribution >= 4 is 21.9 Å². The van der Waals surface area contributed by atoms with E-state index in [0.717, 1.165) is 13.3 Å². The van der Waals surface area contributed by atoms with E-state index in [4.69, 9.17) is 0 Å². The topological polar surface area (TPSA) is 68.7 Å². The second kappa shape index (κ2) is 6.09.